The highest BCUT2D eigenvalue weighted by Gasteiger charge is 2.39. The van der Waals surface area contributed by atoms with E-state index < -0.39 is 18.0 Å². The topological polar surface area (TPSA) is 137 Å². The van der Waals surface area contributed by atoms with Crippen molar-refractivity contribution in [2.75, 3.05) is 26.2 Å². The molecule has 11 heteroatoms. The first-order valence-electron chi connectivity index (χ1n) is 10.4. The van der Waals surface area contributed by atoms with Crippen LogP contribution in [0.5, 0.6) is 0 Å². The Morgan fingerprint density at radius 3 is 2.62 bits per heavy atom. The number of nitrogens with zero attached hydrogens (tertiary/aromatic N) is 5. The van der Waals surface area contributed by atoms with Crippen molar-refractivity contribution in [1.29, 1.82) is 0 Å². The van der Waals surface area contributed by atoms with Gasteiger partial charge >= 0.3 is 0 Å². The molecule has 4 amide bonds. The third-order valence-corrected chi connectivity index (χ3v) is 5.52. The quantitative estimate of drug-likeness (QED) is 0.641. The molecule has 2 fully saturated rings. The predicted octanol–water partition coefficient (Wildman–Crippen LogP) is -0.767. The molecule has 32 heavy (non-hydrogen) atoms. The molecular formula is C21H23N7O4. The van der Waals surface area contributed by atoms with Gasteiger partial charge in [-0.25, -0.2) is 4.98 Å². The number of piperidine rings is 1. The summed E-state index contributed by atoms with van der Waals surface area (Å²) in [5, 5.41) is 5.47. The van der Waals surface area contributed by atoms with Crippen LogP contribution in [-0.2, 0) is 9.59 Å². The maximum absolute atomic E-state index is 13.2. The minimum atomic E-state index is -0.966. The molecule has 0 radical (unpaired) electrons. The zero-order valence-corrected chi connectivity index (χ0v) is 17.3. The molecule has 2 aliphatic heterocycles. The van der Waals surface area contributed by atoms with E-state index >= 15 is 0 Å². The fraction of sp³-hybridized carbons (Fsp3) is 0.381. The standard InChI is InChI=1S/C21H23N7O4/c29-18-15(4-2-6-25-18)26-19(30)17-13-27(21(32)16-12-23-7-8-24-16)9-10-28(17)20(31)14-3-1-5-22-11-14/h1,3,5,7-8,11-12,15,17H,2,4,6,9-10,13H2,(H,25,29)(H,26,30). The molecule has 0 bridgehead atoms. The molecule has 2 atom stereocenters. The number of pyridine rings is 1. The summed E-state index contributed by atoms with van der Waals surface area (Å²) in [7, 11) is 0. The van der Waals surface area contributed by atoms with Gasteiger partial charge in [0.25, 0.3) is 11.8 Å². The van der Waals surface area contributed by atoms with Gasteiger partial charge in [0.2, 0.25) is 11.8 Å². The first kappa shape index (κ1) is 21.3. The molecule has 4 heterocycles. The van der Waals surface area contributed by atoms with Crippen molar-refractivity contribution < 1.29 is 19.2 Å². The summed E-state index contributed by atoms with van der Waals surface area (Å²) in [5.74, 6) is -1.48. The maximum Gasteiger partial charge on any atom is 0.274 e. The number of carbonyl (C=O) groups excluding carboxylic acids is 4. The van der Waals surface area contributed by atoms with Gasteiger partial charge in [-0.05, 0) is 25.0 Å². The van der Waals surface area contributed by atoms with Gasteiger partial charge in [-0.15, -0.1) is 0 Å². The lowest BCUT2D eigenvalue weighted by Gasteiger charge is -2.41. The largest absolute Gasteiger partial charge is 0.354 e. The van der Waals surface area contributed by atoms with E-state index in [9.17, 15) is 19.2 Å². The molecule has 2 N–H and O–H groups in total. The van der Waals surface area contributed by atoms with E-state index in [2.05, 4.69) is 25.6 Å². The van der Waals surface area contributed by atoms with Crippen molar-refractivity contribution in [2.24, 2.45) is 0 Å². The number of hydrogen-bond donors (Lipinski definition) is 2. The Hall–Kier alpha value is -3.89. The van der Waals surface area contributed by atoms with Crippen LogP contribution in [0.25, 0.3) is 0 Å². The van der Waals surface area contributed by atoms with Crippen LogP contribution in [0.2, 0.25) is 0 Å². The second kappa shape index (κ2) is 9.50. The number of amides is 4. The molecule has 0 aromatic carbocycles. The molecular weight excluding hydrogens is 414 g/mol. The van der Waals surface area contributed by atoms with E-state index in [0.717, 1.165) is 6.42 Å². The molecule has 2 unspecified atom stereocenters. The molecule has 11 nitrogen and oxygen atoms in total. The number of hydrogen-bond acceptors (Lipinski definition) is 7. The highest BCUT2D eigenvalue weighted by Crippen LogP contribution is 2.17. The van der Waals surface area contributed by atoms with E-state index in [1.54, 1.807) is 18.3 Å². The summed E-state index contributed by atoms with van der Waals surface area (Å²) in [6.45, 7) is 0.923. The average Bonchev–Trinajstić information content (AvgIpc) is 2.85. The van der Waals surface area contributed by atoms with Crippen LogP contribution in [0.1, 0.15) is 33.7 Å². The second-order valence-corrected chi connectivity index (χ2v) is 7.59. The summed E-state index contributed by atoms with van der Waals surface area (Å²) in [6.07, 6.45) is 8.49. The highest BCUT2D eigenvalue weighted by atomic mass is 16.2. The Labute approximate surface area is 184 Å². The normalized spacial score (nSPS) is 20.9. The lowest BCUT2D eigenvalue weighted by Crippen LogP contribution is -2.63. The Kier molecular flexibility index (Phi) is 6.34. The van der Waals surface area contributed by atoms with Crippen LogP contribution in [0, 0.1) is 0 Å². The Bertz CT molecular complexity index is 1000. The molecule has 2 saturated heterocycles. The van der Waals surface area contributed by atoms with Crippen molar-refractivity contribution >= 4 is 23.6 Å². The van der Waals surface area contributed by atoms with Gasteiger partial charge in [0, 0.05) is 44.4 Å². The minimum absolute atomic E-state index is 0.0262. The number of rotatable bonds is 4. The third kappa shape index (κ3) is 4.56. The monoisotopic (exact) mass is 437 g/mol. The van der Waals surface area contributed by atoms with Crippen molar-refractivity contribution in [2.45, 2.75) is 24.9 Å². The first-order chi connectivity index (χ1) is 15.5. The smallest absolute Gasteiger partial charge is 0.274 e. The molecule has 0 spiro atoms. The third-order valence-electron chi connectivity index (χ3n) is 5.52. The van der Waals surface area contributed by atoms with E-state index in [0.29, 0.717) is 18.5 Å². The van der Waals surface area contributed by atoms with Gasteiger partial charge in [0.1, 0.15) is 17.8 Å². The van der Waals surface area contributed by atoms with Crippen LogP contribution >= 0.6 is 0 Å². The van der Waals surface area contributed by atoms with E-state index in [4.69, 9.17) is 0 Å². The van der Waals surface area contributed by atoms with Crippen molar-refractivity contribution in [3.63, 3.8) is 0 Å². The van der Waals surface area contributed by atoms with Crippen LogP contribution in [0.15, 0.2) is 43.1 Å². The predicted molar refractivity (Wildman–Crippen MR) is 111 cm³/mol. The van der Waals surface area contributed by atoms with Gasteiger partial charge in [-0.3, -0.25) is 29.1 Å². The lowest BCUT2D eigenvalue weighted by molar-refractivity contribution is -0.133. The molecule has 2 aromatic heterocycles. The Balaban J connectivity index is 1.56. The van der Waals surface area contributed by atoms with Crippen LogP contribution < -0.4 is 10.6 Å². The Morgan fingerprint density at radius 2 is 1.91 bits per heavy atom. The number of piperazine rings is 1. The lowest BCUT2D eigenvalue weighted by atomic mass is 10.0. The molecule has 4 rings (SSSR count). The van der Waals surface area contributed by atoms with Gasteiger partial charge in [-0.1, -0.05) is 0 Å². The van der Waals surface area contributed by atoms with E-state index in [1.807, 2.05) is 0 Å². The minimum Gasteiger partial charge on any atom is -0.354 e. The maximum atomic E-state index is 13.2. The number of nitrogens with one attached hydrogen (secondary N) is 2. The van der Waals surface area contributed by atoms with Gasteiger partial charge in [0.15, 0.2) is 0 Å². The molecule has 0 saturated carbocycles. The number of aromatic nitrogens is 3. The van der Waals surface area contributed by atoms with Gasteiger partial charge in [-0.2, -0.15) is 0 Å². The summed E-state index contributed by atoms with van der Waals surface area (Å²) in [6, 6.07) is 1.63. The van der Waals surface area contributed by atoms with Crippen LogP contribution in [0.3, 0.4) is 0 Å². The molecule has 0 aliphatic carbocycles. The summed E-state index contributed by atoms with van der Waals surface area (Å²) < 4.78 is 0. The SMILES string of the molecule is O=C1NCCCC1NC(=O)C1CN(C(=O)c2cnccn2)CCN1C(=O)c1cccnc1. The van der Waals surface area contributed by atoms with Crippen molar-refractivity contribution in [1.82, 2.24) is 35.4 Å². The first-order valence-corrected chi connectivity index (χ1v) is 10.4. The van der Waals surface area contributed by atoms with Crippen LogP contribution in [0.4, 0.5) is 0 Å². The molecule has 2 aliphatic rings. The fourth-order valence-electron chi connectivity index (χ4n) is 3.84. The highest BCUT2D eigenvalue weighted by molar-refractivity contribution is 5.99. The van der Waals surface area contributed by atoms with Crippen molar-refractivity contribution in [3.8, 4) is 0 Å². The van der Waals surface area contributed by atoms with Gasteiger partial charge < -0.3 is 20.4 Å². The fourth-order valence-corrected chi connectivity index (χ4v) is 3.84. The Morgan fingerprint density at radius 1 is 1.06 bits per heavy atom. The van der Waals surface area contributed by atoms with E-state index in [-0.39, 0.29) is 43.0 Å². The zero-order valence-electron chi connectivity index (χ0n) is 17.3. The molecule has 2 aromatic rings. The van der Waals surface area contributed by atoms with Crippen molar-refractivity contribution in [3.05, 3.63) is 54.4 Å². The van der Waals surface area contributed by atoms with Gasteiger partial charge in [0.05, 0.1) is 18.3 Å². The van der Waals surface area contributed by atoms with E-state index in [1.165, 1.54) is 34.6 Å². The average molecular weight is 437 g/mol. The van der Waals surface area contributed by atoms with Crippen LogP contribution in [-0.4, -0.2) is 86.6 Å². The second-order valence-electron chi connectivity index (χ2n) is 7.59. The summed E-state index contributed by atoms with van der Waals surface area (Å²) in [5.41, 5.74) is 0.500. The molecule has 166 valence electrons. The zero-order chi connectivity index (χ0) is 22.5. The summed E-state index contributed by atoms with van der Waals surface area (Å²) >= 11 is 0. The number of carbonyl (C=O) groups is 4. The summed E-state index contributed by atoms with van der Waals surface area (Å²) in [4.78, 5) is 66.1.